The maximum Gasteiger partial charge on any atom is 0.410 e. The number of rotatable bonds is 13. The molecule has 232 valence electrons. The third-order valence-corrected chi connectivity index (χ3v) is 8.14. The van der Waals surface area contributed by atoms with Crippen LogP contribution in [0.4, 0.5) is 15.1 Å². The molecule has 0 atom stereocenters. The van der Waals surface area contributed by atoms with E-state index in [0.29, 0.717) is 23.2 Å². The Morgan fingerprint density at radius 2 is 1.48 bits per heavy atom. The molecule has 2 N–H and O–H groups in total. The maximum absolute atomic E-state index is 12.7. The van der Waals surface area contributed by atoms with Gasteiger partial charge < -0.3 is 20.3 Å². The van der Waals surface area contributed by atoms with Gasteiger partial charge in [-0.15, -0.1) is 21.5 Å². The molecule has 0 aliphatic carbocycles. The van der Waals surface area contributed by atoms with Gasteiger partial charge in [-0.1, -0.05) is 65.9 Å². The minimum absolute atomic E-state index is 0.108. The highest BCUT2D eigenvalue weighted by Crippen LogP contribution is 2.22. The Hall–Kier alpha value is -4.16. The smallest absolute Gasteiger partial charge is 0.410 e. The summed E-state index contributed by atoms with van der Waals surface area (Å²) in [7, 11) is 1.69. The van der Waals surface area contributed by atoms with E-state index in [1.807, 2.05) is 75.4 Å². The third kappa shape index (κ3) is 11.2. The van der Waals surface area contributed by atoms with Gasteiger partial charge in [0.15, 0.2) is 5.13 Å². The molecule has 0 aliphatic rings. The van der Waals surface area contributed by atoms with E-state index in [0.717, 1.165) is 52.3 Å². The van der Waals surface area contributed by atoms with E-state index in [-0.39, 0.29) is 18.2 Å². The highest BCUT2D eigenvalue weighted by molar-refractivity contribution is 7.15. The zero-order valence-corrected chi connectivity index (χ0v) is 27.1. The zero-order chi connectivity index (χ0) is 31.5. The van der Waals surface area contributed by atoms with Crippen LogP contribution in [0.2, 0.25) is 0 Å². The molecule has 0 bridgehead atoms. The average Bonchev–Trinajstić information content (AvgIpc) is 3.59. The van der Waals surface area contributed by atoms with Crippen LogP contribution in [0.25, 0.3) is 0 Å². The van der Waals surface area contributed by atoms with Crippen LogP contribution < -0.4 is 10.6 Å². The van der Waals surface area contributed by atoms with Crippen LogP contribution in [0.1, 0.15) is 60.2 Å². The van der Waals surface area contributed by atoms with Crippen molar-refractivity contribution in [2.45, 2.75) is 71.4 Å². The van der Waals surface area contributed by atoms with Gasteiger partial charge in [-0.2, -0.15) is 0 Å². The largest absolute Gasteiger partial charge is 0.444 e. The lowest BCUT2D eigenvalue weighted by Gasteiger charge is -2.24. The molecule has 0 aliphatic heterocycles. The van der Waals surface area contributed by atoms with E-state index in [9.17, 15) is 14.4 Å². The number of amides is 3. The number of hydrogen-bond acceptors (Lipinski definition) is 9. The van der Waals surface area contributed by atoms with Crippen molar-refractivity contribution in [1.82, 2.24) is 20.1 Å². The monoisotopic (exact) mass is 634 g/mol. The first kappa shape index (κ1) is 32.7. The van der Waals surface area contributed by atoms with Crippen molar-refractivity contribution < 1.29 is 19.1 Å². The first-order valence-corrected chi connectivity index (χ1v) is 16.1. The molecule has 0 saturated heterocycles. The first-order chi connectivity index (χ1) is 21.0. The van der Waals surface area contributed by atoms with Gasteiger partial charge in [-0.05, 0) is 56.7 Å². The Morgan fingerprint density at radius 3 is 2.23 bits per heavy atom. The summed E-state index contributed by atoms with van der Waals surface area (Å²) in [5.41, 5.74) is 2.16. The number of hydrogen-bond donors (Lipinski definition) is 2. The van der Waals surface area contributed by atoms with Gasteiger partial charge >= 0.3 is 6.09 Å². The number of benzene rings is 2. The number of anilines is 2. The minimum atomic E-state index is -0.560. The molecule has 12 heteroatoms. The predicted molar refractivity (Wildman–Crippen MR) is 174 cm³/mol. The first-order valence-electron chi connectivity index (χ1n) is 14.4. The fraction of sp³-hybridized carbons (Fsp3) is 0.375. The summed E-state index contributed by atoms with van der Waals surface area (Å²) in [6, 6.07) is 17.2. The molecule has 4 aromatic rings. The molecular formula is C32H38N6O4S2. The highest BCUT2D eigenvalue weighted by atomic mass is 32.1. The van der Waals surface area contributed by atoms with Gasteiger partial charge in [0.2, 0.25) is 16.9 Å². The van der Waals surface area contributed by atoms with Gasteiger partial charge in [-0.3, -0.25) is 9.59 Å². The summed E-state index contributed by atoms with van der Waals surface area (Å²) in [5.74, 6) is -0.255. The van der Waals surface area contributed by atoms with Crippen molar-refractivity contribution in [1.29, 1.82) is 0 Å². The van der Waals surface area contributed by atoms with Gasteiger partial charge in [0.1, 0.15) is 10.6 Å². The highest BCUT2D eigenvalue weighted by Gasteiger charge is 2.20. The van der Waals surface area contributed by atoms with E-state index >= 15 is 0 Å². The molecule has 2 aromatic heterocycles. The van der Waals surface area contributed by atoms with E-state index < -0.39 is 11.7 Å². The van der Waals surface area contributed by atoms with Gasteiger partial charge in [0.05, 0.1) is 12.8 Å². The Kier molecular flexibility index (Phi) is 11.6. The van der Waals surface area contributed by atoms with Gasteiger partial charge in [0, 0.05) is 31.1 Å². The van der Waals surface area contributed by atoms with Crippen LogP contribution in [-0.4, -0.2) is 50.6 Å². The topological polar surface area (TPSA) is 126 Å². The summed E-state index contributed by atoms with van der Waals surface area (Å²) in [6.07, 6.45) is 5.40. The third-order valence-electron chi connectivity index (χ3n) is 6.27. The fourth-order valence-electron chi connectivity index (χ4n) is 4.27. The molecule has 0 fully saturated rings. The second-order valence-electron chi connectivity index (χ2n) is 11.4. The van der Waals surface area contributed by atoms with Crippen molar-refractivity contribution in [2.75, 3.05) is 17.7 Å². The Bertz CT molecular complexity index is 1550. The number of nitrogens with zero attached hydrogens (tertiary/aromatic N) is 4. The number of thiazole rings is 1. The van der Waals surface area contributed by atoms with Crippen molar-refractivity contribution >= 4 is 50.8 Å². The van der Waals surface area contributed by atoms with Crippen molar-refractivity contribution in [3.05, 3.63) is 87.4 Å². The number of nitrogens with one attached hydrogen (secondary N) is 2. The molecule has 0 radical (unpaired) electrons. The average molecular weight is 635 g/mol. The molecule has 44 heavy (non-hydrogen) atoms. The Balaban J connectivity index is 1.16. The van der Waals surface area contributed by atoms with Crippen LogP contribution in [0.15, 0.2) is 60.8 Å². The van der Waals surface area contributed by atoms with E-state index in [2.05, 4.69) is 25.8 Å². The number of carbonyl (C=O) groups is 3. The SMILES string of the molecule is CN(Cc1cccc(CC(=O)Nc2ncc(CCCCc3nnc(NC(=O)Cc4ccccc4)s3)s2)c1)C(=O)OC(C)(C)C. The van der Waals surface area contributed by atoms with Gasteiger partial charge in [0.25, 0.3) is 0 Å². The second kappa shape index (κ2) is 15.5. The number of carbonyl (C=O) groups excluding carboxylic acids is 3. The predicted octanol–water partition coefficient (Wildman–Crippen LogP) is 6.29. The van der Waals surface area contributed by atoms with E-state index in [4.69, 9.17) is 4.74 Å². The minimum Gasteiger partial charge on any atom is -0.444 e. The summed E-state index contributed by atoms with van der Waals surface area (Å²) < 4.78 is 5.41. The van der Waals surface area contributed by atoms with Crippen molar-refractivity contribution in [2.24, 2.45) is 0 Å². The summed E-state index contributed by atoms with van der Waals surface area (Å²) in [4.78, 5) is 44.2. The lowest BCUT2D eigenvalue weighted by Crippen LogP contribution is -2.33. The number of aromatic nitrogens is 3. The summed E-state index contributed by atoms with van der Waals surface area (Å²) >= 11 is 2.88. The zero-order valence-electron chi connectivity index (χ0n) is 25.5. The molecule has 2 aromatic carbocycles. The number of aryl methyl sites for hydroxylation is 2. The number of ether oxygens (including phenoxy) is 1. The molecule has 10 nitrogen and oxygen atoms in total. The lowest BCUT2D eigenvalue weighted by atomic mass is 10.1. The summed E-state index contributed by atoms with van der Waals surface area (Å²) in [5, 5.41) is 16.0. The van der Waals surface area contributed by atoms with Gasteiger partial charge in [-0.25, -0.2) is 9.78 Å². The van der Waals surface area contributed by atoms with E-state index in [1.165, 1.54) is 27.6 Å². The Morgan fingerprint density at radius 1 is 0.818 bits per heavy atom. The Labute approximate surface area is 265 Å². The molecule has 0 spiro atoms. The van der Waals surface area contributed by atoms with Crippen LogP contribution in [0, 0.1) is 0 Å². The molecule has 0 unspecified atom stereocenters. The maximum atomic E-state index is 12.7. The normalized spacial score (nSPS) is 11.2. The van der Waals surface area contributed by atoms with Crippen molar-refractivity contribution in [3.8, 4) is 0 Å². The van der Waals surface area contributed by atoms with Crippen LogP contribution >= 0.6 is 22.7 Å². The summed E-state index contributed by atoms with van der Waals surface area (Å²) in [6.45, 7) is 5.88. The van der Waals surface area contributed by atoms with Crippen molar-refractivity contribution in [3.63, 3.8) is 0 Å². The lowest BCUT2D eigenvalue weighted by molar-refractivity contribution is -0.116. The van der Waals surface area contributed by atoms with Crippen LogP contribution in [-0.2, 0) is 46.6 Å². The second-order valence-corrected chi connectivity index (χ2v) is 13.6. The van der Waals surface area contributed by atoms with Crippen LogP contribution in [0.5, 0.6) is 0 Å². The fourth-order valence-corrected chi connectivity index (χ4v) is 5.94. The molecule has 4 rings (SSSR count). The molecule has 2 heterocycles. The van der Waals surface area contributed by atoms with E-state index in [1.54, 1.807) is 13.2 Å². The molecule has 3 amide bonds. The number of unbranched alkanes of at least 4 members (excludes halogenated alkanes) is 1. The van der Waals surface area contributed by atoms with Crippen LogP contribution in [0.3, 0.4) is 0 Å². The molecular weight excluding hydrogens is 597 g/mol. The standard InChI is InChI=1S/C32H38N6O4S2/c1-32(2,3)42-31(41)38(4)21-24-14-10-13-23(17-24)19-27(40)34-29-33-20-25(43-29)15-8-9-16-28-36-37-30(44-28)35-26(39)18-22-11-6-5-7-12-22/h5-7,10-14,17,20H,8-9,15-16,18-19,21H2,1-4H3,(H,33,34,40)(H,35,37,39). The quantitative estimate of drug-likeness (QED) is 0.166. The molecule has 0 saturated carbocycles.